The summed E-state index contributed by atoms with van der Waals surface area (Å²) in [7, 11) is 0. The molecule has 0 spiro atoms. The van der Waals surface area contributed by atoms with Crippen molar-refractivity contribution in [2.45, 2.75) is 32.1 Å². The van der Waals surface area contributed by atoms with Gasteiger partial charge in [-0.15, -0.1) is 0 Å². The van der Waals surface area contributed by atoms with Crippen molar-refractivity contribution in [3.8, 4) is 0 Å². The second-order valence-electron chi connectivity index (χ2n) is 4.53. The molecule has 94 valence electrons. The number of benzene rings is 1. The lowest BCUT2D eigenvalue weighted by atomic mass is 9.88. The molecular formula is C16H18ClN. The fourth-order valence-electron chi connectivity index (χ4n) is 2.21. The normalized spacial score (nSPS) is 12.3. The van der Waals surface area contributed by atoms with Crippen LogP contribution in [0.2, 0.25) is 5.02 Å². The Morgan fingerprint density at radius 1 is 1.11 bits per heavy atom. The molecule has 1 heterocycles. The summed E-state index contributed by atoms with van der Waals surface area (Å²) in [6.45, 7) is 2.22. The van der Waals surface area contributed by atoms with Gasteiger partial charge in [-0.25, -0.2) is 0 Å². The van der Waals surface area contributed by atoms with Gasteiger partial charge in [-0.2, -0.15) is 0 Å². The summed E-state index contributed by atoms with van der Waals surface area (Å²) in [6, 6.07) is 12.3. The van der Waals surface area contributed by atoms with Crippen molar-refractivity contribution < 1.29 is 0 Å². The molecule has 1 atom stereocenters. The molecular weight excluding hydrogens is 242 g/mol. The third kappa shape index (κ3) is 3.33. The van der Waals surface area contributed by atoms with E-state index in [0.717, 1.165) is 11.4 Å². The second kappa shape index (κ2) is 6.55. The first-order valence-electron chi connectivity index (χ1n) is 6.46. The first-order chi connectivity index (χ1) is 8.81. The van der Waals surface area contributed by atoms with E-state index in [1.165, 1.54) is 24.0 Å². The van der Waals surface area contributed by atoms with Crippen molar-refractivity contribution in [3.63, 3.8) is 0 Å². The van der Waals surface area contributed by atoms with E-state index in [1.807, 2.05) is 30.6 Å². The van der Waals surface area contributed by atoms with Crippen molar-refractivity contribution in [3.05, 3.63) is 64.9 Å². The van der Waals surface area contributed by atoms with Gasteiger partial charge in [-0.3, -0.25) is 4.98 Å². The largest absolute Gasteiger partial charge is 0.264 e. The van der Waals surface area contributed by atoms with Gasteiger partial charge in [0.15, 0.2) is 0 Å². The lowest BCUT2D eigenvalue weighted by Gasteiger charge is -2.17. The summed E-state index contributed by atoms with van der Waals surface area (Å²) in [5.41, 5.74) is 2.61. The Bertz CT molecular complexity index is 464. The predicted molar refractivity (Wildman–Crippen MR) is 77.1 cm³/mol. The molecule has 0 saturated carbocycles. The van der Waals surface area contributed by atoms with E-state index in [1.54, 1.807) is 0 Å². The quantitative estimate of drug-likeness (QED) is 0.732. The average molecular weight is 260 g/mol. The molecule has 1 nitrogen and oxygen atoms in total. The van der Waals surface area contributed by atoms with Gasteiger partial charge in [0, 0.05) is 23.3 Å². The maximum atomic E-state index is 5.95. The Kier molecular flexibility index (Phi) is 4.77. The number of rotatable bonds is 5. The monoisotopic (exact) mass is 259 g/mol. The molecule has 0 fully saturated rings. The first-order valence-corrected chi connectivity index (χ1v) is 6.84. The van der Waals surface area contributed by atoms with E-state index < -0.39 is 0 Å². The van der Waals surface area contributed by atoms with Crippen LogP contribution in [0.3, 0.4) is 0 Å². The first kappa shape index (κ1) is 13.1. The van der Waals surface area contributed by atoms with Gasteiger partial charge in [0.2, 0.25) is 0 Å². The van der Waals surface area contributed by atoms with Crippen LogP contribution in [0.5, 0.6) is 0 Å². The van der Waals surface area contributed by atoms with Crippen LogP contribution in [-0.2, 0) is 0 Å². The van der Waals surface area contributed by atoms with Gasteiger partial charge in [0.05, 0.1) is 0 Å². The zero-order valence-corrected chi connectivity index (χ0v) is 11.4. The molecule has 1 unspecified atom stereocenters. The zero-order chi connectivity index (χ0) is 12.8. The van der Waals surface area contributed by atoms with E-state index in [4.69, 9.17) is 11.6 Å². The Morgan fingerprint density at radius 2 is 1.89 bits per heavy atom. The Morgan fingerprint density at radius 3 is 2.50 bits per heavy atom. The average Bonchev–Trinajstić information content (AvgIpc) is 2.42. The second-order valence-corrected chi connectivity index (χ2v) is 4.97. The summed E-state index contributed by atoms with van der Waals surface area (Å²) in [6.07, 6.45) is 7.38. The number of halogens is 1. The predicted octanol–water partition coefficient (Wildman–Crippen LogP) is 5.06. The molecule has 0 saturated heterocycles. The van der Waals surface area contributed by atoms with E-state index in [9.17, 15) is 0 Å². The SMILES string of the molecule is CCCCC(c1ccc(Cl)cc1)c1cccnc1. The summed E-state index contributed by atoms with van der Waals surface area (Å²) in [4.78, 5) is 4.23. The highest BCUT2D eigenvalue weighted by atomic mass is 35.5. The number of hydrogen-bond donors (Lipinski definition) is 0. The number of unbranched alkanes of at least 4 members (excludes halogenated alkanes) is 1. The fourth-order valence-corrected chi connectivity index (χ4v) is 2.34. The van der Waals surface area contributed by atoms with Crippen LogP contribution >= 0.6 is 11.6 Å². The van der Waals surface area contributed by atoms with Crippen LogP contribution in [0.15, 0.2) is 48.8 Å². The van der Waals surface area contributed by atoms with Crippen LogP contribution in [-0.4, -0.2) is 4.98 Å². The van der Waals surface area contributed by atoms with Gasteiger partial charge in [-0.05, 0) is 35.7 Å². The summed E-state index contributed by atoms with van der Waals surface area (Å²) >= 11 is 5.95. The fraction of sp³-hybridized carbons (Fsp3) is 0.312. The van der Waals surface area contributed by atoms with Crippen molar-refractivity contribution in [1.29, 1.82) is 0 Å². The molecule has 2 heteroatoms. The molecule has 0 aliphatic heterocycles. The smallest absolute Gasteiger partial charge is 0.0406 e. The maximum Gasteiger partial charge on any atom is 0.0406 e. The Hall–Kier alpha value is -1.34. The summed E-state index contributed by atoms with van der Waals surface area (Å²) in [5, 5.41) is 0.791. The van der Waals surface area contributed by atoms with Crippen molar-refractivity contribution in [2.24, 2.45) is 0 Å². The van der Waals surface area contributed by atoms with Gasteiger partial charge in [-0.1, -0.05) is 49.6 Å². The van der Waals surface area contributed by atoms with Gasteiger partial charge in [0.25, 0.3) is 0 Å². The lowest BCUT2D eigenvalue weighted by Crippen LogP contribution is -2.01. The number of pyridine rings is 1. The molecule has 0 aliphatic rings. The van der Waals surface area contributed by atoms with Crippen molar-refractivity contribution >= 4 is 11.6 Å². The molecule has 0 aliphatic carbocycles. The topological polar surface area (TPSA) is 12.9 Å². The molecule has 1 aromatic heterocycles. The van der Waals surface area contributed by atoms with E-state index >= 15 is 0 Å². The van der Waals surface area contributed by atoms with Gasteiger partial charge in [0.1, 0.15) is 0 Å². The van der Waals surface area contributed by atoms with Crippen molar-refractivity contribution in [1.82, 2.24) is 4.98 Å². The molecule has 18 heavy (non-hydrogen) atoms. The Labute approximate surface area is 114 Å². The van der Waals surface area contributed by atoms with Crippen LogP contribution in [0.4, 0.5) is 0 Å². The highest BCUT2D eigenvalue weighted by molar-refractivity contribution is 6.30. The van der Waals surface area contributed by atoms with Gasteiger partial charge >= 0.3 is 0 Å². The van der Waals surface area contributed by atoms with E-state index in [-0.39, 0.29) is 0 Å². The zero-order valence-electron chi connectivity index (χ0n) is 10.6. The van der Waals surface area contributed by atoms with Crippen molar-refractivity contribution in [2.75, 3.05) is 0 Å². The highest BCUT2D eigenvalue weighted by Crippen LogP contribution is 2.29. The van der Waals surface area contributed by atoms with Crippen LogP contribution < -0.4 is 0 Å². The van der Waals surface area contributed by atoms with E-state index in [2.05, 4.69) is 30.1 Å². The molecule has 0 radical (unpaired) electrons. The minimum atomic E-state index is 0.427. The number of nitrogens with zero attached hydrogens (tertiary/aromatic N) is 1. The standard InChI is InChI=1S/C16H18ClN/c1-2-3-6-16(14-5-4-11-18-12-14)13-7-9-15(17)10-8-13/h4-5,7-12,16H,2-3,6H2,1H3. The molecule has 1 aromatic carbocycles. The van der Waals surface area contributed by atoms with Crippen LogP contribution in [0, 0.1) is 0 Å². The minimum Gasteiger partial charge on any atom is -0.264 e. The summed E-state index contributed by atoms with van der Waals surface area (Å²) in [5.74, 6) is 0.427. The van der Waals surface area contributed by atoms with Crippen LogP contribution in [0.25, 0.3) is 0 Å². The molecule has 2 aromatic rings. The lowest BCUT2D eigenvalue weighted by molar-refractivity contribution is 0.648. The molecule has 0 bridgehead atoms. The minimum absolute atomic E-state index is 0.427. The Balaban J connectivity index is 2.27. The maximum absolute atomic E-state index is 5.95. The number of aromatic nitrogens is 1. The van der Waals surface area contributed by atoms with Crippen LogP contribution in [0.1, 0.15) is 43.2 Å². The third-order valence-corrected chi connectivity index (χ3v) is 3.46. The molecule has 0 amide bonds. The summed E-state index contributed by atoms with van der Waals surface area (Å²) < 4.78 is 0. The van der Waals surface area contributed by atoms with Gasteiger partial charge < -0.3 is 0 Å². The molecule has 0 N–H and O–H groups in total. The third-order valence-electron chi connectivity index (χ3n) is 3.21. The molecule has 2 rings (SSSR count). The highest BCUT2D eigenvalue weighted by Gasteiger charge is 2.13. The number of hydrogen-bond acceptors (Lipinski definition) is 1. The van der Waals surface area contributed by atoms with E-state index in [0.29, 0.717) is 5.92 Å².